The predicted molar refractivity (Wildman–Crippen MR) is 68.2 cm³/mol. The Hall–Kier alpha value is -1.90. The van der Waals surface area contributed by atoms with Crippen LogP contribution in [0.2, 0.25) is 0 Å². The number of hydrogen-bond acceptors (Lipinski definition) is 6. The normalized spacial score (nSPS) is 15.9. The summed E-state index contributed by atoms with van der Waals surface area (Å²) in [5.74, 6) is -1.85. The highest BCUT2D eigenvalue weighted by atomic mass is 19.4. The van der Waals surface area contributed by atoms with Gasteiger partial charge in [-0.25, -0.2) is 4.79 Å². The molecule has 9 heteroatoms. The molecule has 0 bridgehead atoms. The molecule has 0 saturated carbocycles. The zero-order chi connectivity index (χ0) is 15.5. The van der Waals surface area contributed by atoms with E-state index < -0.39 is 18.2 Å². The van der Waals surface area contributed by atoms with E-state index in [-0.39, 0.29) is 0 Å². The van der Waals surface area contributed by atoms with Gasteiger partial charge in [0.25, 0.3) is 0 Å². The summed E-state index contributed by atoms with van der Waals surface area (Å²) in [5.41, 5.74) is 0.517. The maximum Gasteiger partial charge on any atom is 0.491 e. The van der Waals surface area contributed by atoms with E-state index in [1.807, 2.05) is 4.90 Å². The second-order valence-corrected chi connectivity index (χ2v) is 4.48. The van der Waals surface area contributed by atoms with E-state index in [4.69, 9.17) is 0 Å². The molecule has 2 rings (SSSR count). The van der Waals surface area contributed by atoms with Crippen molar-refractivity contribution in [3.8, 4) is 6.01 Å². The first-order valence-electron chi connectivity index (χ1n) is 6.52. The quantitative estimate of drug-likeness (QED) is 0.838. The summed E-state index contributed by atoms with van der Waals surface area (Å²) >= 11 is 0. The van der Waals surface area contributed by atoms with Crippen molar-refractivity contribution in [3.05, 3.63) is 11.8 Å². The summed E-state index contributed by atoms with van der Waals surface area (Å²) in [5, 5.41) is 3.16. The number of nitrogens with zero attached hydrogens (tertiary/aromatic N) is 3. The lowest BCUT2D eigenvalue weighted by molar-refractivity contribution is -0.190. The average Bonchev–Trinajstić information content (AvgIpc) is 2.46. The molecule has 1 aromatic heterocycles. The van der Waals surface area contributed by atoms with Gasteiger partial charge in [0, 0.05) is 37.9 Å². The minimum atomic E-state index is -5.07. The van der Waals surface area contributed by atoms with Gasteiger partial charge in [-0.2, -0.15) is 23.1 Å². The van der Waals surface area contributed by atoms with Crippen LogP contribution >= 0.6 is 0 Å². The third-order valence-electron chi connectivity index (χ3n) is 2.96. The van der Waals surface area contributed by atoms with Gasteiger partial charge in [-0.1, -0.05) is 6.92 Å². The summed E-state index contributed by atoms with van der Waals surface area (Å²) in [7, 11) is 0. The maximum atomic E-state index is 12.2. The number of hydrogen-bond donors (Lipinski definition) is 1. The minimum Gasteiger partial charge on any atom is -0.384 e. The Morgan fingerprint density at radius 3 is 2.62 bits per heavy atom. The molecule has 1 fully saturated rings. The van der Waals surface area contributed by atoms with Crippen LogP contribution in [0.3, 0.4) is 0 Å². The highest BCUT2D eigenvalue weighted by Crippen LogP contribution is 2.21. The number of halogens is 3. The van der Waals surface area contributed by atoms with Gasteiger partial charge in [0.2, 0.25) is 0 Å². The molecule has 0 aromatic carbocycles. The number of piperazine rings is 1. The number of anilines is 1. The molecule has 0 spiro atoms. The van der Waals surface area contributed by atoms with Crippen LogP contribution in [0, 0.1) is 0 Å². The highest BCUT2D eigenvalue weighted by molar-refractivity contribution is 5.77. The van der Waals surface area contributed by atoms with Crippen LogP contribution in [-0.4, -0.2) is 48.3 Å². The van der Waals surface area contributed by atoms with Crippen LogP contribution in [0.15, 0.2) is 6.07 Å². The third kappa shape index (κ3) is 4.03. The van der Waals surface area contributed by atoms with Gasteiger partial charge in [-0.05, 0) is 6.42 Å². The second kappa shape index (κ2) is 6.25. The largest absolute Gasteiger partial charge is 0.491 e. The Kier molecular flexibility index (Phi) is 4.61. The third-order valence-corrected chi connectivity index (χ3v) is 2.96. The van der Waals surface area contributed by atoms with Crippen LogP contribution in [-0.2, 0) is 11.2 Å². The van der Waals surface area contributed by atoms with Crippen molar-refractivity contribution in [2.24, 2.45) is 0 Å². The first kappa shape index (κ1) is 15.5. The summed E-state index contributed by atoms with van der Waals surface area (Å²) in [4.78, 5) is 20.5. The summed E-state index contributed by atoms with van der Waals surface area (Å²) in [6.45, 7) is 4.66. The highest BCUT2D eigenvalue weighted by Gasteiger charge is 2.42. The van der Waals surface area contributed by atoms with Gasteiger partial charge in [0.1, 0.15) is 5.82 Å². The predicted octanol–water partition coefficient (Wildman–Crippen LogP) is 0.916. The first-order chi connectivity index (χ1) is 9.90. The number of nitrogens with one attached hydrogen (secondary N) is 1. The topological polar surface area (TPSA) is 67.3 Å². The van der Waals surface area contributed by atoms with E-state index in [0.717, 1.165) is 13.1 Å². The molecular weight excluding hydrogens is 289 g/mol. The van der Waals surface area contributed by atoms with Gasteiger partial charge < -0.3 is 15.0 Å². The number of aromatic nitrogens is 2. The number of esters is 1. The average molecular weight is 304 g/mol. The molecule has 0 radical (unpaired) electrons. The second-order valence-electron chi connectivity index (χ2n) is 4.48. The number of carbonyl (C=O) groups excluding carboxylic acids is 1. The van der Waals surface area contributed by atoms with Crippen LogP contribution in [0.25, 0.3) is 0 Å². The van der Waals surface area contributed by atoms with Crippen molar-refractivity contribution in [2.45, 2.75) is 19.5 Å². The lowest BCUT2D eigenvalue weighted by Crippen LogP contribution is -2.44. The molecule has 1 aromatic rings. The van der Waals surface area contributed by atoms with Crippen LogP contribution in [0.5, 0.6) is 6.01 Å². The van der Waals surface area contributed by atoms with E-state index >= 15 is 0 Å². The van der Waals surface area contributed by atoms with Crippen molar-refractivity contribution in [1.29, 1.82) is 0 Å². The molecule has 2 heterocycles. The molecule has 0 unspecified atom stereocenters. The van der Waals surface area contributed by atoms with Crippen molar-refractivity contribution < 1.29 is 22.7 Å². The Balaban J connectivity index is 2.23. The Morgan fingerprint density at radius 1 is 1.38 bits per heavy atom. The molecular formula is C12H15F3N4O2. The maximum absolute atomic E-state index is 12.2. The Morgan fingerprint density at radius 2 is 2.05 bits per heavy atom. The van der Waals surface area contributed by atoms with Gasteiger partial charge in [-0.3, -0.25) is 0 Å². The molecule has 1 saturated heterocycles. The number of alkyl halides is 3. The zero-order valence-corrected chi connectivity index (χ0v) is 11.4. The van der Waals surface area contributed by atoms with Gasteiger partial charge >= 0.3 is 18.2 Å². The van der Waals surface area contributed by atoms with E-state index in [9.17, 15) is 18.0 Å². The Labute approximate surface area is 119 Å². The first-order valence-corrected chi connectivity index (χ1v) is 6.52. The van der Waals surface area contributed by atoms with Crippen LogP contribution in [0.1, 0.15) is 12.6 Å². The molecule has 21 heavy (non-hydrogen) atoms. The van der Waals surface area contributed by atoms with Crippen molar-refractivity contribution in [3.63, 3.8) is 0 Å². The van der Waals surface area contributed by atoms with Crippen molar-refractivity contribution in [2.75, 3.05) is 31.1 Å². The molecule has 1 aliphatic rings. The molecule has 1 N–H and O–H groups in total. The number of rotatable bonds is 3. The SMILES string of the molecule is CCc1cc(N2CCNCC2)nc(OC(=O)C(F)(F)F)n1. The monoisotopic (exact) mass is 304 g/mol. The molecule has 1 aliphatic heterocycles. The number of carbonyl (C=O) groups is 1. The lowest BCUT2D eigenvalue weighted by Gasteiger charge is -2.28. The fraction of sp³-hybridized carbons (Fsp3) is 0.583. The standard InChI is InChI=1S/C12H15F3N4O2/c1-2-8-7-9(19-5-3-16-4-6-19)18-11(17-8)21-10(20)12(13,14)15/h7,16H,2-6H2,1H3. The lowest BCUT2D eigenvalue weighted by atomic mass is 10.3. The van der Waals surface area contributed by atoms with E-state index in [0.29, 0.717) is 31.0 Å². The molecule has 0 atom stereocenters. The molecule has 6 nitrogen and oxygen atoms in total. The number of ether oxygens (including phenoxy) is 1. The summed E-state index contributed by atoms with van der Waals surface area (Å²) < 4.78 is 40.9. The smallest absolute Gasteiger partial charge is 0.384 e. The fourth-order valence-electron chi connectivity index (χ4n) is 1.88. The van der Waals surface area contributed by atoms with E-state index in [2.05, 4.69) is 20.0 Å². The molecule has 116 valence electrons. The molecule has 0 amide bonds. The fourth-order valence-corrected chi connectivity index (χ4v) is 1.88. The van der Waals surface area contributed by atoms with E-state index in [1.165, 1.54) is 0 Å². The van der Waals surface area contributed by atoms with Gasteiger partial charge in [0.15, 0.2) is 0 Å². The zero-order valence-electron chi connectivity index (χ0n) is 11.4. The van der Waals surface area contributed by atoms with Crippen molar-refractivity contribution >= 4 is 11.8 Å². The Bertz CT molecular complexity index is 516. The number of aryl methyl sites for hydroxylation is 1. The molecule has 0 aliphatic carbocycles. The van der Waals surface area contributed by atoms with Crippen LogP contribution in [0.4, 0.5) is 19.0 Å². The van der Waals surface area contributed by atoms with Gasteiger partial charge in [-0.15, -0.1) is 0 Å². The van der Waals surface area contributed by atoms with Gasteiger partial charge in [0.05, 0.1) is 0 Å². The minimum absolute atomic E-state index is 0.466. The van der Waals surface area contributed by atoms with Crippen molar-refractivity contribution in [1.82, 2.24) is 15.3 Å². The van der Waals surface area contributed by atoms with Crippen LogP contribution < -0.4 is 15.0 Å². The summed E-state index contributed by atoms with van der Waals surface area (Å²) in [6.07, 6.45) is -4.57. The summed E-state index contributed by atoms with van der Waals surface area (Å²) in [6, 6.07) is 1.13. The van der Waals surface area contributed by atoms with E-state index in [1.54, 1.807) is 13.0 Å².